The molecule has 1 nitrogen and oxygen atoms in total. The van der Waals surface area contributed by atoms with Crippen LogP contribution in [-0.2, 0) is 12.8 Å². The molecule has 2 aromatic rings. The first-order valence-corrected chi connectivity index (χ1v) is 8.87. The molecule has 1 aliphatic carbocycles. The van der Waals surface area contributed by atoms with Crippen molar-refractivity contribution in [2.75, 3.05) is 0 Å². The number of aliphatic hydroxyl groups is 1. The van der Waals surface area contributed by atoms with E-state index in [1.165, 1.54) is 18.4 Å². The van der Waals surface area contributed by atoms with Crippen LogP contribution in [0.4, 0.5) is 8.78 Å². The maximum absolute atomic E-state index is 14.6. The molecule has 1 atom stereocenters. The van der Waals surface area contributed by atoms with Crippen molar-refractivity contribution in [3.05, 3.63) is 58.2 Å². The first-order chi connectivity index (χ1) is 11.6. The summed E-state index contributed by atoms with van der Waals surface area (Å²) >= 11 is 0. The summed E-state index contributed by atoms with van der Waals surface area (Å²) in [4.78, 5) is 0. The zero-order valence-corrected chi connectivity index (χ0v) is 14.3. The van der Waals surface area contributed by atoms with Gasteiger partial charge in [-0.2, -0.15) is 0 Å². The van der Waals surface area contributed by atoms with E-state index in [1.807, 2.05) is 12.1 Å². The van der Waals surface area contributed by atoms with Gasteiger partial charge in [-0.1, -0.05) is 44.9 Å². The Morgan fingerprint density at radius 3 is 2.54 bits per heavy atom. The van der Waals surface area contributed by atoms with Gasteiger partial charge in [0.25, 0.3) is 0 Å². The van der Waals surface area contributed by atoms with Gasteiger partial charge in [-0.3, -0.25) is 0 Å². The SMILES string of the molecule is CCCCCc1ccc2c(c1)Cc1cc(C(O)CC)c(F)c(F)c1-2. The summed E-state index contributed by atoms with van der Waals surface area (Å²) < 4.78 is 28.9. The van der Waals surface area contributed by atoms with Crippen molar-refractivity contribution in [1.29, 1.82) is 0 Å². The minimum atomic E-state index is -0.960. The van der Waals surface area contributed by atoms with Crippen LogP contribution in [-0.4, -0.2) is 5.11 Å². The van der Waals surface area contributed by atoms with Crippen molar-refractivity contribution in [2.45, 2.75) is 58.5 Å². The molecule has 2 aromatic carbocycles. The first kappa shape index (κ1) is 17.1. The van der Waals surface area contributed by atoms with E-state index in [1.54, 1.807) is 13.0 Å². The van der Waals surface area contributed by atoms with Crippen molar-refractivity contribution in [3.63, 3.8) is 0 Å². The Kier molecular flexibility index (Phi) is 5.00. The van der Waals surface area contributed by atoms with Gasteiger partial charge in [0.15, 0.2) is 11.6 Å². The molecule has 0 radical (unpaired) electrons. The van der Waals surface area contributed by atoms with Crippen LogP contribution >= 0.6 is 0 Å². The quantitative estimate of drug-likeness (QED) is 0.574. The fraction of sp³-hybridized carbons (Fsp3) is 0.429. The van der Waals surface area contributed by atoms with Crippen LogP contribution in [0.2, 0.25) is 0 Å². The highest BCUT2D eigenvalue weighted by Gasteiger charge is 2.28. The van der Waals surface area contributed by atoms with E-state index in [2.05, 4.69) is 13.0 Å². The summed E-state index contributed by atoms with van der Waals surface area (Å²) in [7, 11) is 0. The Morgan fingerprint density at radius 1 is 1.04 bits per heavy atom. The molecular weight excluding hydrogens is 306 g/mol. The molecule has 0 heterocycles. The minimum absolute atomic E-state index is 0.0738. The van der Waals surface area contributed by atoms with Crippen molar-refractivity contribution >= 4 is 0 Å². The molecule has 0 aliphatic heterocycles. The lowest BCUT2D eigenvalue weighted by Crippen LogP contribution is -2.04. The Hall–Kier alpha value is -1.74. The zero-order chi connectivity index (χ0) is 17.3. The Balaban J connectivity index is 1.96. The highest BCUT2D eigenvalue weighted by molar-refractivity contribution is 5.78. The average Bonchev–Trinajstić information content (AvgIpc) is 2.95. The Labute approximate surface area is 142 Å². The molecule has 128 valence electrons. The van der Waals surface area contributed by atoms with Gasteiger partial charge in [-0.25, -0.2) is 8.78 Å². The smallest absolute Gasteiger partial charge is 0.167 e. The topological polar surface area (TPSA) is 20.2 Å². The largest absolute Gasteiger partial charge is 0.388 e. The standard InChI is InChI=1S/C21H24F2O/c1-3-5-6-7-13-8-9-16-14(10-13)11-15-12-17(18(24)4-2)20(22)21(23)19(15)16/h8-10,12,18,24H,3-7,11H2,1-2H3. The van der Waals surface area contributed by atoms with Crippen molar-refractivity contribution in [2.24, 2.45) is 0 Å². The van der Waals surface area contributed by atoms with Crippen LogP contribution in [0.1, 0.15) is 67.9 Å². The second-order valence-electron chi connectivity index (χ2n) is 6.68. The fourth-order valence-electron chi connectivity index (χ4n) is 3.57. The number of hydrogen-bond donors (Lipinski definition) is 1. The predicted molar refractivity (Wildman–Crippen MR) is 93.1 cm³/mol. The summed E-state index contributed by atoms with van der Waals surface area (Å²) in [6.07, 6.45) is 4.57. The monoisotopic (exact) mass is 330 g/mol. The lowest BCUT2D eigenvalue weighted by Gasteiger charge is -2.13. The number of rotatable bonds is 6. The van der Waals surface area contributed by atoms with Gasteiger partial charge in [-0.15, -0.1) is 0 Å². The lowest BCUT2D eigenvalue weighted by molar-refractivity contribution is 0.167. The lowest BCUT2D eigenvalue weighted by atomic mass is 9.97. The second-order valence-corrected chi connectivity index (χ2v) is 6.68. The number of aryl methyl sites for hydroxylation is 1. The molecule has 3 rings (SSSR count). The van der Waals surface area contributed by atoms with Gasteiger partial charge >= 0.3 is 0 Å². The number of halogens is 2. The second kappa shape index (κ2) is 7.02. The molecule has 0 fully saturated rings. The van der Waals surface area contributed by atoms with Gasteiger partial charge in [0, 0.05) is 11.1 Å². The first-order valence-electron chi connectivity index (χ1n) is 8.87. The molecule has 1 unspecified atom stereocenters. The molecule has 0 bridgehead atoms. The van der Waals surface area contributed by atoms with Gasteiger partial charge in [0.1, 0.15) is 0 Å². The number of hydrogen-bond acceptors (Lipinski definition) is 1. The van der Waals surface area contributed by atoms with E-state index in [4.69, 9.17) is 0 Å². The highest BCUT2D eigenvalue weighted by Crippen LogP contribution is 2.41. The molecule has 1 aliphatic rings. The number of benzene rings is 2. The average molecular weight is 330 g/mol. The third kappa shape index (κ3) is 2.98. The van der Waals surface area contributed by atoms with Gasteiger partial charge < -0.3 is 5.11 Å². The maximum atomic E-state index is 14.6. The molecule has 0 aromatic heterocycles. The molecule has 0 saturated carbocycles. The van der Waals surface area contributed by atoms with Gasteiger partial charge in [0.05, 0.1) is 6.10 Å². The van der Waals surface area contributed by atoms with Crippen LogP contribution in [0.15, 0.2) is 24.3 Å². The van der Waals surface area contributed by atoms with Gasteiger partial charge in [-0.05, 0) is 54.0 Å². The third-order valence-electron chi connectivity index (χ3n) is 4.95. The van der Waals surface area contributed by atoms with E-state index in [0.717, 1.165) is 29.5 Å². The van der Waals surface area contributed by atoms with Crippen LogP contribution in [0.5, 0.6) is 0 Å². The molecule has 1 N–H and O–H groups in total. The van der Waals surface area contributed by atoms with Crippen LogP contribution < -0.4 is 0 Å². The van der Waals surface area contributed by atoms with Crippen molar-refractivity contribution in [1.82, 2.24) is 0 Å². The number of unbranched alkanes of at least 4 members (excludes halogenated alkanes) is 2. The van der Waals surface area contributed by atoms with E-state index in [0.29, 0.717) is 18.4 Å². The number of fused-ring (bicyclic) bond motifs is 3. The summed E-state index contributed by atoms with van der Waals surface area (Å²) in [5.74, 6) is -1.74. The molecular formula is C21H24F2O. The highest BCUT2D eigenvalue weighted by atomic mass is 19.2. The fourth-order valence-corrected chi connectivity index (χ4v) is 3.57. The van der Waals surface area contributed by atoms with Gasteiger partial charge in [0.2, 0.25) is 0 Å². The Bertz CT molecular complexity index is 752. The molecule has 0 amide bonds. The molecule has 0 spiro atoms. The van der Waals surface area contributed by atoms with Crippen molar-refractivity contribution in [3.8, 4) is 11.1 Å². The summed E-state index contributed by atoms with van der Waals surface area (Å²) in [5.41, 5.74) is 4.32. The minimum Gasteiger partial charge on any atom is -0.388 e. The summed E-state index contributed by atoms with van der Waals surface area (Å²) in [6, 6.07) is 7.70. The molecule has 0 saturated heterocycles. The normalized spacial score (nSPS) is 13.7. The summed E-state index contributed by atoms with van der Waals surface area (Å²) in [6.45, 7) is 3.94. The van der Waals surface area contributed by atoms with Crippen LogP contribution in [0.25, 0.3) is 11.1 Å². The number of aliphatic hydroxyl groups excluding tert-OH is 1. The molecule has 24 heavy (non-hydrogen) atoms. The third-order valence-corrected chi connectivity index (χ3v) is 4.95. The predicted octanol–water partition coefficient (Wildman–Crippen LogP) is 5.71. The van der Waals surface area contributed by atoms with E-state index in [-0.39, 0.29) is 5.56 Å². The summed E-state index contributed by atoms with van der Waals surface area (Å²) in [5, 5.41) is 9.94. The molecule has 3 heteroatoms. The van der Waals surface area contributed by atoms with E-state index in [9.17, 15) is 13.9 Å². The van der Waals surface area contributed by atoms with E-state index >= 15 is 0 Å². The van der Waals surface area contributed by atoms with E-state index < -0.39 is 17.7 Å². The Morgan fingerprint density at radius 2 is 1.83 bits per heavy atom. The van der Waals surface area contributed by atoms with Crippen LogP contribution in [0, 0.1) is 11.6 Å². The zero-order valence-electron chi connectivity index (χ0n) is 14.3. The van der Waals surface area contributed by atoms with Crippen molar-refractivity contribution < 1.29 is 13.9 Å². The van der Waals surface area contributed by atoms with Crippen LogP contribution in [0.3, 0.4) is 0 Å². The maximum Gasteiger partial charge on any atom is 0.167 e.